The van der Waals surface area contributed by atoms with Gasteiger partial charge in [-0.05, 0) is 24.5 Å². The van der Waals surface area contributed by atoms with Gasteiger partial charge in [0.2, 0.25) is 0 Å². The molecule has 1 aromatic heterocycles. The third-order valence-electron chi connectivity index (χ3n) is 2.75. The minimum atomic E-state index is -4.78. The van der Waals surface area contributed by atoms with Crippen LogP contribution in [0.4, 0.5) is 26.3 Å². The number of benzene rings is 1. The van der Waals surface area contributed by atoms with E-state index in [-0.39, 0.29) is 21.0 Å². The number of aromatic nitrogens is 2. The Balaban J connectivity index is 2.62. The second-order valence-corrected chi connectivity index (χ2v) is 5.91. The average Bonchev–Trinajstić information content (AvgIpc) is 2.80. The fraction of sp³-hybridized carbons (Fsp3) is 0.250. The van der Waals surface area contributed by atoms with Crippen molar-refractivity contribution in [3.63, 3.8) is 0 Å². The minimum absolute atomic E-state index is 0.195. The van der Waals surface area contributed by atoms with Gasteiger partial charge in [0, 0.05) is 5.56 Å². The zero-order valence-electron chi connectivity index (χ0n) is 11.1. The summed E-state index contributed by atoms with van der Waals surface area (Å²) in [7, 11) is 0. The van der Waals surface area contributed by atoms with Crippen molar-refractivity contribution in [3.05, 3.63) is 33.8 Å². The molecule has 126 valence electrons. The lowest BCUT2D eigenvalue weighted by molar-refractivity contribution is -0.217. The Morgan fingerprint density at radius 3 is 1.87 bits per heavy atom. The molecule has 0 unspecified atom stereocenters. The van der Waals surface area contributed by atoms with E-state index in [0.29, 0.717) is 12.1 Å². The van der Waals surface area contributed by atoms with Crippen molar-refractivity contribution in [3.8, 4) is 11.3 Å². The Kier molecular flexibility index (Phi) is 4.85. The number of alkyl halides is 6. The maximum Gasteiger partial charge on any atom is 0.505 e. The van der Waals surface area contributed by atoms with E-state index in [4.69, 9.17) is 23.2 Å². The SMILES string of the molecule is CSc1cc(-c2c(Cl)cc(C(F)(F)F)cc2Cl)nn1C(F)(F)F. The van der Waals surface area contributed by atoms with Gasteiger partial charge in [-0.25, -0.2) is 0 Å². The fourth-order valence-corrected chi connectivity index (χ4v) is 3.02. The molecule has 0 N–H and O–H groups in total. The number of hydrogen-bond acceptors (Lipinski definition) is 2. The molecule has 2 rings (SSSR count). The quantitative estimate of drug-likeness (QED) is 0.454. The molecular formula is C12H6Cl2F6N2S. The van der Waals surface area contributed by atoms with Gasteiger partial charge in [-0.3, -0.25) is 0 Å². The third-order valence-corrected chi connectivity index (χ3v) is 4.06. The molecule has 0 saturated carbocycles. The van der Waals surface area contributed by atoms with E-state index in [1.165, 1.54) is 6.26 Å². The molecule has 23 heavy (non-hydrogen) atoms. The van der Waals surface area contributed by atoms with Crippen LogP contribution in [0.2, 0.25) is 10.0 Å². The molecular weight excluding hydrogens is 389 g/mol. The van der Waals surface area contributed by atoms with Gasteiger partial charge in [0.15, 0.2) is 0 Å². The maximum atomic E-state index is 12.9. The Hall–Kier alpha value is -1.06. The van der Waals surface area contributed by atoms with Gasteiger partial charge < -0.3 is 0 Å². The maximum absolute atomic E-state index is 12.9. The van der Waals surface area contributed by atoms with Crippen molar-refractivity contribution >= 4 is 35.0 Å². The fourth-order valence-electron chi connectivity index (χ4n) is 1.79. The van der Waals surface area contributed by atoms with Gasteiger partial charge in [0.05, 0.1) is 21.3 Å². The molecule has 0 aliphatic rings. The first-order valence-corrected chi connectivity index (χ1v) is 7.71. The van der Waals surface area contributed by atoms with Crippen LogP contribution in [0.3, 0.4) is 0 Å². The zero-order chi connectivity index (χ0) is 17.6. The second kappa shape index (κ2) is 6.10. The monoisotopic (exact) mass is 394 g/mol. The summed E-state index contributed by atoms with van der Waals surface area (Å²) in [6, 6.07) is 2.24. The summed E-state index contributed by atoms with van der Waals surface area (Å²) in [5.41, 5.74) is -1.56. The van der Waals surface area contributed by atoms with E-state index in [1.807, 2.05) is 0 Å². The molecule has 0 aliphatic heterocycles. The van der Waals surface area contributed by atoms with Crippen LogP contribution in [0.15, 0.2) is 23.2 Å². The van der Waals surface area contributed by atoms with Crippen LogP contribution in [0.25, 0.3) is 11.3 Å². The summed E-state index contributed by atoms with van der Waals surface area (Å²) in [4.78, 5) is 0. The highest BCUT2D eigenvalue weighted by Gasteiger charge is 2.36. The first kappa shape index (κ1) is 18.3. The van der Waals surface area contributed by atoms with Gasteiger partial charge in [0.1, 0.15) is 5.03 Å². The second-order valence-electron chi connectivity index (χ2n) is 4.26. The molecule has 1 heterocycles. The average molecular weight is 395 g/mol. The summed E-state index contributed by atoms with van der Waals surface area (Å²) in [6.07, 6.45) is -8.05. The molecule has 0 spiro atoms. The molecule has 0 bridgehead atoms. The number of rotatable bonds is 2. The van der Waals surface area contributed by atoms with Gasteiger partial charge >= 0.3 is 12.5 Å². The van der Waals surface area contributed by atoms with Crippen LogP contribution in [0.5, 0.6) is 0 Å². The summed E-state index contributed by atoms with van der Waals surface area (Å²) < 4.78 is 76.4. The first-order valence-electron chi connectivity index (χ1n) is 5.73. The molecule has 1 aromatic carbocycles. The van der Waals surface area contributed by atoms with E-state index < -0.39 is 28.1 Å². The number of thioether (sulfide) groups is 1. The normalized spacial score (nSPS) is 12.7. The molecule has 2 aromatic rings. The predicted octanol–water partition coefficient (Wildman–Crippen LogP) is 6.07. The Morgan fingerprint density at radius 1 is 1.00 bits per heavy atom. The van der Waals surface area contributed by atoms with Crippen molar-refractivity contribution in [2.75, 3.05) is 6.26 Å². The van der Waals surface area contributed by atoms with Crippen LogP contribution < -0.4 is 0 Å². The van der Waals surface area contributed by atoms with Gasteiger partial charge in [-0.1, -0.05) is 23.2 Å². The summed E-state index contributed by atoms with van der Waals surface area (Å²) in [6.45, 7) is 0. The van der Waals surface area contributed by atoms with Crippen LogP contribution in [-0.2, 0) is 12.5 Å². The van der Waals surface area contributed by atoms with Crippen molar-refractivity contribution in [1.29, 1.82) is 0 Å². The number of hydrogen-bond donors (Lipinski definition) is 0. The topological polar surface area (TPSA) is 17.8 Å². The third kappa shape index (κ3) is 3.72. The van der Waals surface area contributed by atoms with E-state index in [1.54, 1.807) is 0 Å². The van der Waals surface area contributed by atoms with E-state index in [9.17, 15) is 26.3 Å². The molecule has 0 aliphatic carbocycles. The summed E-state index contributed by atoms with van der Waals surface area (Å²) in [5, 5.41) is 2.23. The smallest absolute Gasteiger partial charge is 0.166 e. The van der Waals surface area contributed by atoms with Crippen LogP contribution in [0, 0.1) is 0 Å². The molecule has 0 saturated heterocycles. The molecule has 11 heteroatoms. The van der Waals surface area contributed by atoms with E-state index in [0.717, 1.165) is 17.8 Å². The van der Waals surface area contributed by atoms with Crippen LogP contribution >= 0.6 is 35.0 Å². The molecule has 2 nitrogen and oxygen atoms in total. The Bertz CT molecular complexity index is 715. The highest BCUT2D eigenvalue weighted by atomic mass is 35.5. The minimum Gasteiger partial charge on any atom is -0.166 e. The lowest BCUT2D eigenvalue weighted by atomic mass is 10.1. The highest BCUT2D eigenvalue weighted by molar-refractivity contribution is 7.98. The molecule has 0 atom stereocenters. The van der Waals surface area contributed by atoms with Gasteiger partial charge in [-0.15, -0.1) is 24.9 Å². The van der Waals surface area contributed by atoms with Crippen LogP contribution in [-0.4, -0.2) is 16.0 Å². The molecule has 0 amide bonds. The number of halogens is 8. The zero-order valence-corrected chi connectivity index (χ0v) is 13.4. The summed E-state index contributed by atoms with van der Waals surface area (Å²) in [5.74, 6) is 0. The van der Waals surface area contributed by atoms with E-state index in [2.05, 4.69) is 5.10 Å². The van der Waals surface area contributed by atoms with Crippen molar-refractivity contribution < 1.29 is 26.3 Å². The lowest BCUT2D eigenvalue weighted by Gasteiger charge is -2.11. The predicted molar refractivity (Wildman–Crippen MR) is 75.8 cm³/mol. The Labute approximate surface area is 140 Å². The lowest BCUT2D eigenvalue weighted by Crippen LogP contribution is -2.19. The first-order chi connectivity index (χ1) is 10.4. The van der Waals surface area contributed by atoms with E-state index >= 15 is 0 Å². The largest absolute Gasteiger partial charge is 0.505 e. The highest BCUT2D eigenvalue weighted by Crippen LogP contribution is 2.41. The van der Waals surface area contributed by atoms with Crippen molar-refractivity contribution in [2.45, 2.75) is 17.5 Å². The van der Waals surface area contributed by atoms with Crippen molar-refractivity contribution in [1.82, 2.24) is 9.78 Å². The standard InChI is InChI=1S/C12H6Cl2F6N2S/c1-23-9-4-8(21-22(9)12(18,19)20)10-6(13)2-5(3-7(10)14)11(15,16)17/h2-4H,1H3. The van der Waals surface area contributed by atoms with Crippen LogP contribution in [0.1, 0.15) is 5.56 Å². The Morgan fingerprint density at radius 2 is 1.52 bits per heavy atom. The molecule has 0 radical (unpaired) electrons. The van der Waals surface area contributed by atoms with Gasteiger partial charge in [0.25, 0.3) is 0 Å². The molecule has 0 fully saturated rings. The number of nitrogens with zero attached hydrogens (tertiary/aromatic N) is 2. The van der Waals surface area contributed by atoms with Gasteiger partial charge in [-0.2, -0.15) is 23.0 Å². The van der Waals surface area contributed by atoms with Crippen molar-refractivity contribution in [2.24, 2.45) is 0 Å². The summed E-state index contributed by atoms with van der Waals surface area (Å²) >= 11 is 12.3.